The topological polar surface area (TPSA) is 63.5 Å². The summed E-state index contributed by atoms with van der Waals surface area (Å²) in [6, 6.07) is 18.3. The molecule has 2 N–H and O–H groups in total. The minimum atomic E-state index is 0.550. The highest BCUT2D eigenvalue weighted by Crippen LogP contribution is 2.18. The SMILES string of the molecule is CCNC(=NCc1ccccc1OC)NCc1ccccc1Cn1cccn1. The molecule has 146 valence electrons. The van der Waals surface area contributed by atoms with Crippen LogP contribution in [0.4, 0.5) is 0 Å². The quantitative estimate of drug-likeness (QED) is 0.467. The normalized spacial score (nSPS) is 11.3. The van der Waals surface area contributed by atoms with E-state index in [-0.39, 0.29) is 0 Å². The molecule has 0 aliphatic rings. The van der Waals surface area contributed by atoms with Gasteiger partial charge in [-0.2, -0.15) is 5.10 Å². The largest absolute Gasteiger partial charge is 0.496 e. The van der Waals surface area contributed by atoms with Gasteiger partial charge >= 0.3 is 0 Å². The third-order valence-electron chi connectivity index (χ3n) is 4.40. The number of guanidine groups is 1. The van der Waals surface area contributed by atoms with Crippen LogP contribution in [0.15, 0.2) is 72.0 Å². The van der Waals surface area contributed by atoms with Crippen LogP contribution in [0.1, 0.15) is 23.6 Å². The molecule has 0 saturated heterocycles. The molecule has 0 aliphatic heterocycles. The predicted molar refractivity (Wildman–Crippen MR) is 112 cm³/mol. The molecule has 0 atom stereocenters. The van der Waals surface area contributed by atoms with E-state index in [0.717, 1.165) is 30.4 Å². The summed E-state index contributed by atoms with van der Waals surface area (Å²) >= 11 is 0. The summed E-state index contributed by atoms with van der Waals surface area (Å²) in [5.74, 6) is 1.63. The molecule has 0 fully saturated rings. The van der Waals surface area contributed by atoms with E-state index in [4.69, 9.17) is 9.73 Å². The highest BCUT2D eigenvalue weighted by Gasteiger charge is 2.06. The van der Waals surface area contributed by atoms with Crippen molar-refractivity contribution in [1.82, 2.24) is 20.4 Å². The Bertz CT molecular complexity index is 889. The fraction of sp³-hybridized carbons (Fsp3) is 0.273. The summed E-state index contributed by atoms with van der Waals surface area (Å²) < 4.78 is 7.34. The summed E-state index contributed by atoms with van der Waals surface area (Å²) in [6.07, 6.45) is 3.78. The van der Waals surface area contributed by atoms with Gasteiger partial charge < -0.3 is 15.4 Å². The Hall–Kier alpha value is -3.28. The predicted octanol–water partition coefficient (Wildman–Crippen LogP) is 3.20. The number of aliphatic imine (C=N–C) groups is 1. The van der Waals surface area contributed by atoms with E-state index >= 15 is 0 Å². The van der Waals surface area contributed by atoms with Crippen molar-refractivity contribution in [1.29, 1.82) is 0 Å². The maximum atomic E-state index is 5.41. The van der Waals surface area contributed by atoms with Gasteiger partial charge in [0.1, 0.15) is 5.75 Å². The van der Waals surface area contributed by atoms with Gasteiger partial charge in [0, 0.05) is 31.0 Å². The van der Waals surface area contributed by atoms with Crippen molar-refractivity contribution in [3.8, 4) is 5.75 Å². The minimum Gasteiger partial charge on any atom is -0.496 e. The van der Waals surface area contributed by atoms with Crippen molar-refractivity contribution >= 4 is 5.96 Å². The molecule has 6 heteroatoms. The van der Waals surface area contributed by atoms with Gasteiger partial charge in [0.15, 0.2) is 5.96 Å². The highest BCUT2D eigenvalue weighted by molar-refractivity contribution is 5.79. The fourth-order valence-electron chi connectivity index (χ4n) is 2.97. The zero-order valence-electron chi connectivity index (χ0n) is 16.4. The summed E-state index contributed by atoms with van der Waals surface area (Å²) in [7, 11) is 1.68. The van der Waals surface area contributed by atoms with Crippen molar-refractivity contribution in [3.05, 3.63) is 83.7 Å². The number of nitrogens with one attached hydrogen (secondary N) is 2. The number of benzene rings is 2. The van der Waals surface area contributed by atoms with Crippen molar-refractivity contribution in [3.63, 3.8) is 0 Å². The Morgan fingerprint density at radius 1 is 1.00 bits per heavy atom. The number of nitrogens with zero attached hydrogens (tertiary/aromatic N) is 3. The molecule has 3 aromatic rings. The third-order valence-corrected chi connectivity index (χ3v) is 4.40. The zero-order chi connectivity index (χ0) is 19.6. The number of hydrogen-bond donors (Lipinski definition) is 2. The van der Waals surface area contributed by atoms with Gasteiger partial charge in [-0.05, 0) is 30.2 Å². The first-order chi connectivity index (χ1) is 13.8. The first kappa shape index (κ1) is 19.5. The molecule has 0 bridgehead atoms. The molecule has 3 rings (SSSR count). The van der Waals surface area contributed by atoms with E-state index < -0.39 is 0 Å². The molecule has 0 radical (unpaired) electrons. The van der Waals surface area contributed by atoms with Gasteiger partial charge in [0.2, 0.25) is 0 Å². The maximum Gasteiger partial charge on any atom is 0.191 e. The third kappa shape index (κ3) is 5.36. The molecule has 0 aliphatic carbocycles. The van der Waals surface area contributed by atoms with E-state index in [1.165, 1.54) is 11.1 Å². The van der Waals surface area contributed by atoms with Gasteiger partial charge in [0.25, 0.3) is 0 Å². The van der Waals surface area contributed by atoms with E-state index in [1.807, 2.05) is 41.2 Å². The van der Waals surface area contributed by atoms with Crippen LogP contribution < -0.4 is 15.4 Å². The van der Waals surface area contributed by atoms with Crippen LogP contribution in [0.5, 0.6) is 5.75 Å². The number of rotatable bonds is 8. The Morgan fingerprint density at radius 2 is 1.75 bits per heavy atom. The summed E-state index contributed by atoms with van der Waals surface area (Å²) in [6.45, 7) is 4.85. The lowest BCUT2D eigenvalue weighted by Crippen LogP contribution is -2.37. The van der Waals surface area contributed by atoms with Gasteiger partial charge in [-0.3, -0.25) is 4.68 Å². The van der Waals surface area contributed by atoms with Crippen LogP contribution in [0.25, 0.3) is 0 Å². The monoisotopic (exact) mass is 377 g/mol. The Balaban J connectivity index is 1.68. The van der Waals surface area contributed by atoms with Gasteiger partial charge in [-0.1, -0.05) is 42.5 Å². The zero-order valence-corrected chi connectivity index (χ0v) is 16.4. The van der Waals surface area contributed by atoms with Crippen molar-refractivity contribution in [2.24, 2.45) is 4.99 Å². The lowest BCUT2D eigenvalue weighted by molar-refractivity contribution is 0.410. The van der Waals surface area contributed by atoms with E-state index in [1.54, 1.807) is 13.3 Å². The minimum absolute atomic E-state index is 0.550. The smallest absolute Gasteiger partial charge is 0.191 e. The standard InChI is InChI=1S/C22H27N5O/c1-3-23-22(25-16-19-10-6-7-12-21(19)28-2)24-15-18-9-4-5-11-20(18)17-27-14-8-13-26-27/h4-14H,3,15-17H2,1-2H3,(H2,23,24,25). The Morgan fingerprint density at radius 3 is 2.46 bits per heavy atom. The van der Waals surface area contributed by atoms with Crippen LogP contribution in [0.3, 0.4) is 0 Å². The number of aromatic nitrogens is 2. The molecule has 0 spiro atoms. The van der Waals surface area contributed by atoms with E-state index in [0.29, 0.717) is 13.1 Å². The first-order valence-electron chi connectivity index (χ1n) is 9.48. The second kappa shape index (κ2) is 10.2. The van der Waals surface area contributed by atoms with Crippen LogP contribution >= 0.6 is 0 Å². The van der Waals surface area contributed by atoms with Gasteiger partial charge in [-0.25, -0.2) is 4.99 Å². The summed E-state index contributed by atoms with van der Waals surface area (Å²) in [4.78, 5) is 4.71. The number of hydrogen-bond acceptors (Lipinski definition) is 3. The average Bonchev–Trinajstić information content (AvgIpc) is 3.24. The van der Waals surface area contributed by atoms with E-state index in [9.17, 15) is 0 Å². The van der Waals surface area contributed by atoms with Crippen molar-refractivity contribution in [2.75, 3.05) is 13.7 Å². The lowest BCUT2D eigenvalue weighted by Gasteiger charge is -2.14. The van der Waals surface area contributed by atoms with Crippen LogP contribution in [-0.4, -0.2) is 29.4 Å². The van der Waals surface area contributed by atoms with Crippen molar-refractivity contribution < 1.29 is 4.74 Å². The van der Waals surface area contributed by atoms with Crippen LogP contribution in [-0.2, 0) is 19.6 Å². The maximum absolute atomic E-state index is 5.41. The van der Waals surface area contributed by atoms with Crippen LogP contribution in [0, 0.1) is 0 Å². The second-order valence-corrected chi connectivity index (χ2v) is 6.33. The molecular formula is C22H27N5O. The summed E-state index contributed by atoms with van der Waals surface area (Å²) in [5.41, 5.74) is 3.52. The molecule has 1 aromatic heterocycles. The summed E-state index contributed by atoms with van der Waals surface area (Å²) in [5, 5.41) is 11.0. The number of ether oxygens (including phenoxy) is 1. The molecule has 0 unspecified atom stereocenters. The Labute approximate surface area is 166 Å². The van der Waals surface area contributed by atoms with Crippen LogP contribution in [0.2, 0.25) is 0 Å². The van der Waals surface area contributed by atoms with Crippen molar-refractivity contribution in [2.45, 2.75) is 26.6 Å². The molecule has 2 aromatic carbocycles. The highest BCUT2D eigenvalue weighted by atomic mass is 16.5. The molecule has 0 amide bonds. The molecular weight excluding hydrogens is 350 g/mol. The molecule has 0 saturated carbocycles. The lowest BCUT2D eigenvalue weighted by atomic mass is 10.1. The molecule has 28 heavy (non-hydrogen) atoms. The Kier molecular flexibility index (Phi) is 7.07. The second-order valence-electron chi connectivity index (χ2n) is 6.33. The fourth-order valence-corrected chi connectivity index (χ4v) is 2.97. The van der Waals surface area contributed by atoms with Gasteiger partial charge in [0.05, 0.1) is 20.2 Å². The first-order valence-corrected chi connectivity index (χ1v) is 9.48. The molecule has 6 nitrogen and oxygen atoms in total. The molecule has 1 heterocycles. The average molecular weight is 377 g/mol. The van der Waals surface area contributed by atoms with E-state index in [2.05, 4.69) is 46.9 Å². The number of methoxy groups -OCH3 is 1. The number of para-hydroxylation sites is 1. The van der Waals surface area contributed by atoms with Gasteiger partial charge in [-0.15, -0.1) is 0 Å².